The van der Waals surface area contributed by atoms with E-state index in [1.54, 1.807) is 0 Å². The van der Waals surface area contributed by atoms with Crippen LogP contribution < -0.4 is 10.6 Å². The van der Waals surface area contributed by atoms with Crippen molar-refractivity contribution in [2.45, 2.75) is 45.3 Å². The molecule has 0 radical (unpaired) electrons. The first-order valence-electron chi connectivity index (χ1n) is 8.21. The van der Waals surface area contributed by atoms with Crippen molar-refractivity contribution in [1.82, 2.24) is 20.4 Å². The Morgan fingerprint density at radius 1 is 1.24 bits per heavy atom. The first-order valence-corrected chi connectivity index (χ1v) is 9.02. The van der Waals surface area contributed by atoms with Crippen molar-refractivity contribution in [1.29, 1.82) is 0 Å². The van der Waals surface area contributed by atoms with E-state index in [2.05, 4.69) is 25.7 Å². The zero-order valence-corrected chi connectivity index (χ0v) is 15.4. The van der Waals surface area contributed by atoms with Crippen LogP contribution in [0.1, 0.15) is 38.6 Å². The van der Waals surface area contributed by atoms with Crippen molar-refractivity contribution in [3.05, 3.63) is 5.01 Å². The van der Waals surface area contributed by atoms with Crippen LogP contribution in [0.25, 0.3) is 0 Å². The van der Waals surface area contributed by atoms with Gasteiger partial charge in [-0.2, -0.15) is 13.2 Å². The maximum Gasteiger partial charge on any atom is 0.445 e. The van der Waals surface area contributed by atoms with Gasteiger partial charge in [0.2, 0.25) is 16.0 Å². The molecule has 142 valence electrons. The van der Waals surface area contributed by atoms with Crippen LogP contribution in [0.4, 0.5) is 18.3 Å². The Labute approximate surface area is 149 Å². The Balaban J connectivity index is 1.70. The van der Waals surface area contributed by atoms with Gasteiger partial charge in [-0.3, -0.25) is 9.69 Å². The molecule has 0 unspecified atom stereocenters. The maximum absolute atomic E-state index is 12.5. The molecule has 1 aliphatic rings. The molecule has 1 amide bonds. The lowest BCUT2D eigenvalue weighted by atomic mass is 9.97. The minimum atomic E-state index is -4.45. The second kappa shape index (κ2) is 7.86. The van der Waals surface area contributed by atoms with E-state index in [0.29, 0.717) is 30.3 Å². The minimum Gasteiger partial charge on any atom is -0.360 e. The number of likely N-dealkylation sites (tertiary alicyclic amines) is 1. The van der Waals surface area contributed by atoms with Gasteiger partial charge in [0.25, 0.3) is 0 Å². The topological polar surface area (TPSA) is 70.2 Å². The number of amides is 1. The number of aromatic nitrogens is 2. The normalized spacial score (nSPS) is 17.5. The molecule has 2 N–H and O–H groups in total. The van der Waals surface area contributed by atoms with Crippen LogP contribution in [0.2, 0.25) is 0 Å². The van der Waals surface area contributed by atoms with E-state index in [1.807, 2.05) is 20.8 Å². The fourth-order valence-corrected chi connectivity index (χ4v) is 3.27. The molecule has 2 heterocycles. The molecule has 0 atom stereocenters. The lowest BCUT2D eigenvalue weighted by Crippen LogP contribution is -2.47. The summed E-state index contributed by atoms with van der Waals surface area (Å²) in [7, 11) is 0. The van der Waals surface area contributed by atoms with Gasteiger partial charge in [-0.25, -0.2) is 0 Å². The summed E-state index contributed by atoms with van der Waals surface area (Å²) >= 11 is 0.521. The molecule has 2 rings (SSSR count). The Bertz CT molecular complexity index is 576. The zero-order valence-electron chi connectivity index (χ0n) is 14.6. The maximum atomic E-state index is 12.5. The average Bonchev–Trinajstić information content (AvgIpc) is 2.93. The van der Waals surface area contributed by atoms with Gasteiger partial charge in [0, 0.05) is 12.1 Å². The number of alkyl halides is 3. The van der Waals surface area contributed by atoms with Crippen LogP contribution >= 0.6 is 11.3 Å². The standard InChI is InChI=1S/C15H24F3N5OS/c1-14(2,3)20-11(24)9-23-6-4-10(5-7-23)8-19-13-22-21-12(25-13)15(16,17)18/h10H,4-9H2,1-3H3,(H,19,22)(H,20,24). The molecule has 25 heavy (non-hydrogen) atoms. The van der Waals surface area contributed by atoms with Gasteiger partial charge >= 0.3 is 6.18 Å². The number of rotatable bonds is 5. The predicted molar refractivity (Wildman–Crippen MR) is 90.5 cm³/mol. The van der Waals surface area contributed by atoms with Gasteiger partial charge in [-0.1, -0.05) is 11.3 Å². The van der Waals surface area contributed by atoms with E-state index in [0.717, 1.165) is 25.9 Å². The number of anilines is 1. The van der Waals surface area contributed by atoms with Crippen LogP contribution in [0, 0.1) is 5.92 Å². The van der Waals surface area contributed by atoms with Crippen molar-refractivity contribution in [2.75, 3.05) is 31.5 Å². The molecular formula is C15H24F3N5OS. The number of carbonyl (C=O) groups excluding carboxylic acids is 1. The van der Waals surface area contributed by atoms with Gasteiger partial charge in [-0.15, -0.1) is 10.2 Å². The highest BCUT2D eigenvalue weighted by Gasteiger charge is 2.35. The first-order chi connectivity index (χ1) is 11.5. The van der Waals surface area contributed by atoms with Gasteiger partial charge < -0.3 is 10.6 Å². The molecule has 0 saturated carbocycles. The highest BCUT2D eigenvalue weighted by molar-refractivity contribution is 7.15. The van der Waals surface area contributed by atoms with Crippen LogP contribution in [0.5, 0.6) is 0 Å². The van der Waals surface area contributed by atoms with Crippen molar-refractivity contribution in [3.63, 3.8) is 0 Å². The van der Waals surface area contributed by atoms with E-state index < -0.39 is 11.2 Å². The molecule has 1 aromatic rings. The largest absolute Gasteiger partial charge is 0.445 e. The molecule has 1 saturated heterocycles. The summed E-state index contributed by atoms with van der Waals surface area (Å²) in [6.45, 7) is 8.38. The summed E-state index contributed by atoms with van der Waals surface area (Å²) in [5.41, 5.74) is -0.240. The summed E-state index contributed by atoms with van der Waals surface area (Å²) in [6, 6.07) is 0. The van der Waals surface area contributed by atoms with Crippen molar-refractivity contribution >= 4 is 22.4 Å². The van der Waals surface area contributed by atoms with E-state index in [4.69, 9.17) is 0 Å². The Morgan fingerprint density at radius 2 is 1.88 bits per heavy atom. The van der Waals surface area contributed by atoms with Gasteiger partial charge in [0.05, 0.1) is 6.54 Å². The Morgan fingerprint density at radius 3 is 2.40 bits per heavy atom. The number of hydrogen-bond donors (Lipinski definition) is 2. The monoisotopic (exact) mass is 379 g/mol. The highest BCUT2D eigenvalue weighted by atomic mass is 32.1. The molecule has 10 heteroatoms. The Kier molecular flexibility index (Phi) is 6.26. The zero-order chi connectivity index (χ0) is 18.7. The summed E-state index contributed by atoms with van der Waals surface area (Å²) < 4.78 is 37.5. The number of nitrogens with one attached hydrogen (secondary N) is 2. The molecule has 6 nitrogen and oxygen atoms in total. The van der Waals surface area contributed by atoms with E-state index in [1.165, 1.54) is 0 Å². The fourth-order valence-electron chi connectivity index (χ4n) is 2.65. The molecule has 1 aliphatic heterocycles. The third-order valence-corrected chi connectivity index (χ3v) is 4.72. The van der Waals surface area contributed by atoms with E-state index in [-0.39, 0.29) is 16.6 Å². The van der Waals surface area contributed by atoms with Gasteiger partial charge in [-0.05, 0) is 52.6 Å². The quantitative estimate of drug-likeness (QED) is 0.823. The number of hydrogen-bond acceptors (Lipinski definition) is 6. The summed E-state index contributed by atoms with van der Waals surface area (Å²) in [6.07, 6.45) is -2.67. The molecular weight excluding hydrogens is 355 g/mol. The van der Waals surface area contributed by atoms with E-state index in [9.17, 15) is 18.0 Å². The summed E-state index contributed by atoms with van der Waals surface area (Å²) in [5.74, 6) is 0.359. The molecule has 0 spiro atoms. The first kappa shape index (κ1) is 19.9. The molecule has 1 fully saturated rings. The lowest BCUT2D eigenvalue weighted by Gasteiger charge is -2.32. The Hall–Kier alpha value is -1.42. The number of halogens is 3. The predicted octanol–water partition coefficient (Wildman–Crippen LogP) is 2.60. The average molecular weight is 379 g/mol. The smallest absolute Gasteiger partial charge is 0.360 e. The summed E-state index contributed by atoms with van der Waals surface area (Å²) in [5, 5.41) is 11.8. The number of nitrogens with zero attached hydrogens (tertiary/aromatic N) is 3. The van der Waals surface area contributed by atoms with Gasteiger partial charge in [0.15, 0.2) is 0 Å². The second-order valence-corrected chi connectivity index (χ2v) is 8.29. The fraction of sp³-hybridized carbons (Fsp3) is 0.800. The minimum absolute atomic E-state index is 0.0117. The van der Waals surface area contributed by atoms with Crippen molar-refractivity contribution in [2.24, 2.45) is 5.92 Å². The van der Waals surface area contributed by atoms with Crippen LogP contribution in [0.3, 0.4) is 0 Å². The summed E-state index contributed by atoms with van der Waals surface area (Å²) in [4.78, 5) is 14.0. The third-order valence-electron chi connectivity index (χ3n) is 3.80. The molecule has 0 aliphatic carbocycles. The third kappa shape index (κ3) is 6.77. The highest BCUT2D eigenvalue weighted by Crippen LogP contribution is 2.33. The number of carbonyl (C=O) groups is 1. The van der Waals surface area contributed by atoms with Gasteiger partial charge in [0.1, 0.15) is 0 Å². The van der Waals surface area contributed by atoms with Crippen LogP contribution in [-0.2, 0) is 11.0 Å². The SMILES string of the molecule is CC(C)(C)NC(=O)CN1CCC(CNc2nnc(C(F)(F)F)s2)CC1. The van der Waals surface area contributed by atoms with Crippen LogP contribution in [-0.4, -0.2) is 52.7 Å². The van der Waals surface area contributed by atoms with Crippen LogP contribution in [0.15, 0.2) is 0 Å². The second-order valence-electron chi connectivity index (χ2n) is 7.31. The lowest BCUT2D eigenvalue weighted by molar-refractivity contribution is -0.138. The molecule has 0 bridgehead atoms. The van der Waals surface area contributed by atoms with Crippen molar-refractivity contribution in [3.8, 4) is 0 Å². The molecule has 0 aromatic carbocycles. The van der Waals surface area contributed by atoms with Crippen molar-refractivity contribution < 1.29 is 18.0 Å². The number of piperidine rings is 1. The molecule has 1 aromatic heterocycles. The van der Waals surface area contributed by atoms with E-state index >= 15 is 0 Å².